The van der Waals surface area contributed by atoms with Gasteiger partial charge in [0.05, 0.1) is 5.56 Å². The molecular formula is C18H19F2NO3. The van der Waals surface area contributed by atoms with Crippen LogP contribution in [-0.4, -0.2) is 17.6 Å². The van der Waals surface area contributed by atoms with E-state index in [-0.39, 0.29) is 18.4 Å². The van der Waals surface area contributed by atoms with Crippen LogP contribution < -0.4 is 10.1 Å². The first-order valence-corrected chi connectivity index (χ1v) is 7.54. The quantitative estimate of drug-likeness (QED) is 0.847. The Balaban J connectivity index is 1.96. The summed E-state index contributed by atoms with van der Waals surface area (Å²) in [5, 5.41) is 12.6. The van der Waals surface area contributed by atoms with Gasteiger partial charge in [-0.25, -0.2) is 8.78 Å². The highest BCUT2D eigenvalue weighted by atomic mass is 19.1. The third-order valence-electron chi connectivity index (χ3n) is 3.39. The zero-order chi connectivity index (χ0) is 17.7. The summed E-state index contributed by atoms with van der Waals surface area (Å²) in [5.41, 5.74) is 0.195. The van der Waals surface area contributed by atoms with Gasteiger partial charge in [0.25, 0.3) is 0 Å². The Labute approximate surface area is 139 Å². The third kappa shape index (κ3) is 4.52. The van der Waals surface area contributed by atoms with E-state index in [1.165, 1.54) is 6.07 Å². The highest BCUT2D eigenvalue weighted by Gasteiger charge is 2.18. The molecule has 24 heavy (non-hydrogen) atoms. The van der Waals surface area contributed by atoms with Crippen molar-refractivity contribution in [1.29, 1.82) is 0 Å². The summed E-state index contributed by atoms with van der Waals surface area (Å²) in [5.74, 6) is -1.47. The van der Waals surface area contributed by atoms with Gasteiger partial charge in [-0.15, -0.1) is 0 Å². The van der Waals surface area contributed by atoms with E-state index in [0.717, 1.165) is 12.1 Å². The number of hydrogen-bond acceptors (Lipinski definition) is 3. The summed E-state index contributed by atoms with van der Waals surface area (Å²) in [6, 6.07) is 9.87. The van der Waals surface area contributed by atoms with Gasteiger partial charge in [-0.3, -0.25) is 4.79 Å². The largest absolute Gasteiger partial charge is 0.491 e. The van der Waals surface area contributed by atoms with Crippen molar-refractivity contribution in [3.05, 3.63) is 59.7 Å². The number of aliphatic hydroxyl groups excluding tert-OH is 1. The molecular weight excluding hydrogens is 316 g/mol. The van der Waals surface area contributed by atoms with Gasteiger partial charge in [0.15, 0.2) is 0 Å². The van der Waals surface area contributed by atoms with Gasteiger partial charge in [-0.05, 0) is 36.4 Å². The molecule has 2 N–H and O–H groups in total. The number of anilines is 1. The van der Waals surface area contributed by atoms with Crippen LogP contribution in [0.3, 0.4) is 0 Å². The topological polar surface area (TPSA) is 58.6 Å². The minimum atomic E-state index is -1.42. The monoisotopic (exact) mass is 335 g/mol. The summed E-state index contributed by atoms with van der Waals surface area (Å²) in [6.45, 7) is 3.28. The lowest BCUT2D eigenvalue weighted by atomic mass is 10.1. The minimum Gasteiger partial charge on any atom is -0.491 e. The summed E-state index contributed by atoms with van der Waals surface area (Å²) >= 11 is 0. The smallest absolute Gasteiger partial charge is 0.226 e. The van der Waals surface area contributed by atoms with Crippen LogP contribution in [0, 0.1) is 17.6 Å². The first-order valence-electron chi connectivity index (χ1n) is 7.54. The SMILES string of the molecule is CC(C)C(=O)Nc1ccc(OCC(O)c2c(F)cccc2F)cc1. The third-order valence-corrected chi connectivity index (χ3v) is 3.39. The Bertz CT molecular complexity index is 682. The Morgan fingerprint density at radius 2 is 1.71 bits per heavy atom. The van der Waals surface area contributed by atoms with Crippen molar-refractivity contribution in [3.63, 3.8) is 0 Å². The van der Waals surface area contributed by atoms with Crippen molar-refractivity contribution in [2.24, 2.45) is 5.92 Å². The fraction of sp³-hybridized carbons (Fsp3) is 0.278. The molecule has 0 bridgehead atoms. The molecule has 0 aliphatic carbocycles. The van der Waals surface area contributed by atoms with Crippen molar-refractivity contribution in [2.75, 3.05) is 11.9 Å². The van der Waals surface area contributed by atoms with Crippen LogP contribution in [0.5, 0.6) is 5.75 Å². The zero-order valence-corrected chi connectivity index (χ0v) is 13.4. The zero-order valence-electron chi connectivity index (χ0n) is 13.4. The van der Waals surface area contributed by atoms with Gasteiger partial charge < -0.3 is 15.2 Å². The molecule has 4 nitrogen and oxygen atoms in total. The molecule has 0 fully saturated rings. The Morgan fingerprint density at radius 1 is 1.12 bits per heavy atom. The van der Waals surface area contributed by atoms with E-state index in [0.29, 0.717) is 11.4 Å². The lowest BCUT2D eigenvalue weighted by Crippen LogP contribution is -2.17. The molecule has 2 rings (SSSR count). The number of halogens is 2. The van der Waals surface area contributed by atoms with Gasteiger partial charge in [-0.2, -0.15) is 0 Å². The highest BCUT2D eigenvalue weighted by molar-refractivity contribution is 5.92. The molecule has 0 heterocycles. The number of rotatable bonds is 6. The average molecular weight is 335 g/mol. The second-order valence-corrected chi connectivity index (χ2v) is 5.63. The second-order valence-electron chi connectivity index (χ2n) is 5.63. The number of benzene rings is 2. The summed E-state index contributed by atoms with van der Waals surface area (Å²) in [7, 11) is 0. The van der Waals surface area contributed by atoms with E-state index < -0.39 is 23.3 Å². The molecule has 1 amide bonds. The standard InChI is InChI=1S/C18H19F2NO3/c1-11(2)18(23)21-12-6-8-13(9-7-12)24-10-16(22)17-14(19)4-3-5-15(17)20/h3-9,11,16,22H,10H2,1-2H3,(H,21,23). The first-order chi connectivity index (χ1) is 11.4. The van der Waals surface area contributed by atoms with Crippen LogP contribution in [0.25, 0.3) is 0 Å². The molecule has 0 saturated heterocycles. The van der Waals surface area contributed by atoms with Gasteiger partial charge in [0, 0.05) is 11.6 Å². The van der Waals surface area contributed by atoms with Gasteiger partial charge in [0.2, 0.25) is 5.91 Å². The van der Waals surface area contributed by atoms with Crippen LogP contribution in [0.4, 0.5) is 14.5 Å². The van der Waals surface area contributed by atoms with E-state index in [9.17, 15) is 18.7 Å². The predicted molar refractivity (Wildman–Crippen MR) is 86.7 cm³/mol. The normalized spacial score (nSPS) is 12.1. The Hall–Kier alpha value is -2.47. The average Bonchev–Trinajstić information content (AvgIpc) is 2.54. The van der Waals surface area contributed by atoms with Gasteiger partial charge >= 0.3 is 0 Å². The molecule has 2 aromatic rings. The molecule has 0 saturated carbocycles. The number of carbonyl (C=O) groups excluding carboxylic acids is 1. The van der Waals surface area contributed by atoms with E-state index in [1.807, 2.05) is 0 Å². The molecule has 0 aliphatic rings. The molecule has 1 atom stereocenters. The minimum absolute atomic E-state index is 0.103. The van der Waals surface area contributed by atoms with E-state index in [1.54, 1.807) is 38.1 Å². The number of nitrogens with one attached hydrogen (secondary N) is 1. The molecule has 128 valence electrons. The summed E-state index contributed by atoms with van der Waals surface area (Å²) < 4.78 is 32.5. The van der Waals surface area contributed by atoms with Crippen LogP contribution in [-0.2, 0) is 4.79 Å². The van der Waals surface area contributed by atoms with Crippen molar-refractivity contribution in [3.8, 4) is 5.75 Å². The number of hydrogen-bond donors (Lipinski definition) is 2. The molecule has 6 heteroatoms. The predicted octanol–water partition coefficient (Wildman–Crippen LogP) is 3.67. The number of aliphatic hydroxyl groups is 1. The molecule has 0 aliphatic heterocycles. The molecule has 2 aromatic carbocycles. The maximum absolute atomic E-state index is 13.6. The van der Waals surface area contributed by atoms with E-state index >= 15 is 0 Å². The van der Waals surface area contributed by atoms with Crippen LogP contribution in [0.15, 0.2) is 42.5 Å². The van der Waals surface area contributed by atoms with E-state index in [2.05, 4.69) is 5.32 Å². The molecule has 0 aromatic heterocycles. The maximum atomic E-state index is 13.6. The highest BCUT2D eigenvalue weighted by Crippen LogP contribution is 2.23. The van der Waals surface area contributed by atoms with E-state index in [4.69, 9.17) is 4.74 Å². The van der Waals surface area contributed by atoms with Crippen LogP contribution in [0.2, 0.25) is 0 Å². The fourth-order valence-corrected chi connectivity index (χ4v) is 2.01. The lowest BCUT2D eigenvalue weighted by molar-refractivity contribution is -0.118. The Kier molecular flexibility index (Phi) is 5.87. The van der Waals surface area contributed by atoms with Crippen molar-refractivity contribution in [1.82, 2.24) is 0 Å². The van der Waals surface area contributed by atoms with Crippen molar-refractivity contribution < 1.29 is 23.4 Å². The molecule has 1 unspecified atom stereocenters. The van der Waals surface area contributed by atoms with Gasteiger partial charge in [-0.1, -0.05) is 19.9 Å². The maximum Gasteiger partial charge on any atom is 0.226 e. The van der Waals surface area contributed by atoms with Crippen molar-refractivity contribution >= 4 is 11.6 Å². The molecule has 0 radical (unpaired) electrons. The fourth-order valence-electron chi connectivity index (χ4n) is 2.01. The molecule has 0 spiro atoms. The first kappa shape index (κ1) is 17.9. The second kappa shape index (κ2) is 7.88. The van der Waals surface area contributed by atoms with Crippen LogP contribution >= 0.6 is 0 Å². The van der Waals surface area contributed by atoms with Crippen LogP contribution in [0.1, 0.15) is 25.5 Å². The number of amides is 1. The summed E-state index contributed by atoms with van der Waals surface area (Å²) in [6.07, 6.45) is -1.42. The van der Waals surface area contributed by atoms with Crippen molar-refractivity contribution in [2.45, 2.75) is 20.0 Å². The number of ether oxygens (including phenoxy) is 1. The summed E-state index contributed by atoms with van der Waals surface area (Å²) in [4.78, 5) is 11.6. The Morgan fingerprint density at radius 3 is 2.25 bits per heavy atom. The number of carbonyl (C=O) groups is 1. The van der Waals surface area contributed by atoms with Gasteiger partial charge in [0.1, 0.15) is 30.1 Å². The lowest BCUT2D eigenvalue weighted by Gasteiger charge is -2.14.